The summed E-state index contributed by atoms with van der Waals surface area (Å²) < 4.78 is 29.5. The number of H-pyrrole nitrogens is 1. The SMILES string of the molecule is Cc1cccc(C)c1S(=O)(=O)NC(CCCCNc1ccccn1)(NC(=O)c1cccc2[nH]ncc12)C(=O)O. The summed E-state index contributed by atoms with van der Waals surface area (Å²) in [6.45, 7) is 3.73. The van der Waals surface area contributed by atoms with Crippen LogP contribution in [0.25, 0.3) is 10.9 Å². The van der Waals surface area contributed by atoms with Crippen molar-refractivity contribution in [2.45, 2.75) is 43.7 Å². The van der Waals surface area contributed by atoms with Crippen molar-refractivity contribution in [1.29, 1.82) is 0 Å². The summed E-state index contributed by atoms with van der Waals surface area (Å²) in [5, 5.41) is 23.2. The van der Waals surface area contributed by atoms with Gasteiger partial charge in [-0.3, -0.25) is 9.89 Å². The summed E-state index contributed by atoms with van der Waals surface area (Å²) in [6, 6.07) is 15.3. The van der Waals surface area contributed by atoms with E-state index in [9.17, 15) is 23.1 Å². The number of aromatic amines is 1. The number of anilines is 1. The molecule has 0 saturated carbocycles. The molecule has 0 aliphatic heterocycles. The largest absolute Gasteiger partial charge is 0.478 e. The van der Waals surface area contributed by atoms with E-state index < -0.39 is 27.6 Å². The number of nitrogens with one attached hydrogen (secondary N) is 4. The van der Waals surface area contributed by atoms with Crippen LogP contribution >= 0.6 is 0 Å². The number of carbonyl (C=O) groups excluding carboxylic acids is 1. The molecule has 4 aromatic rings. The Morgan fingerprint density at radius 3 is 2.44 bits per heavy atom. The molecule has 0 saturated heterocycles. The highest BCUT2D eigenvalue weighted by molar-refractivity contribution is 7.89. The molecule has 204 valence electrons. The number of amides is 1. The number of aromatic nitrogens is 3. The molecule has 1 atom stereocenters. The third-order valence-electron chi connectivity index (χ3n) is 6.36. The van der Waals surface area contributed by atoms with Crippen molar-refractivity contribution in [2.75, 3.05) is 11.9 Å². The number of hydrogen-bond acceptors (Lipinski definition) is 7. The summed E-state index contributed by atoms with van der Waals surface area (Å²) >= 11 is 0. The van der Waals surface area contributed by atoms with Gasteiger partial charge in [0, 0.05) is 18.1 Å². The van der Waals surface area contributed by atoms with Crippen LogP contribution in [-0.4, -0.2) is 52.8 Å². The summed E-state index contributed by atoms with van der Waals surface area (Å²) in [6.07, 6.45) is 3.66. The Morgan fingerprint density at radius 1 is 1.00 bits per heavy atom. The second-order valence-electron chi connectivity index (χ2n) is 9.23. The maximum absolute atomic E-state index is 13.6. The lowest BCUT2D eigenvalue weighted by atomic mass is 10.0. The molecule has 39 heavy (non-hydrogen) atoms. The van der Waals surface area contributed by atoms with Gasteiger partial charge in [0.2, 0.25) is 15.7 Å². The zero-order valence-electron chi connectivity index (χ0n) is 21.6. The zero-order chi connectivity index (χ0) is 28.0. The highest BCUT2D eigenvalue weighted by Crippen LogP contribution is 2.24. The highest BCUT2D eigenvalue weighted by Gasteiger charge is 2.44. The van der Waals surface area contributed by atoms with E-state index in [1.54, 1.807) is 62.5 Å². The second kappa shape index (κ2) is 11.6. The fourth-order valence-electron chi connectivity index (χ4n) is 4.47. The van der Waals surface area contributed by atoms with Gasteiger partial charge in [0.15, 0.2) is 0 Å². The molecular formula is C27H30N6O5S. The molecule has 2 aromatic heterocycles. The average molecular weight is 551 g/mol. The number of carboxylic acid groups (broad SMARTS) is 1. The summed E-state index contributed by atoms with van der Waals surface area (Å²) in [4.78, 5) is 30.4. The molecule has 11 nitrogen and oxygen atoms in total. The molecule has 5 N–H and O–H groups in total. The van der Waals surface area contributed by atoms with Crippen LogP contribution < -0.4 is 15.4 Å². The number of nitrogens with zero attached hydrogens (tertiary/aromatic N) is 2. The number of rotatable bonds is 12. The van der Waals surface area contributed by atoms with E-state index in [4.69, 9.17) is 0 Å². The Bertz CT molecular complexity index is 1570. The van der Waals surface area contributed by atoms with Crippen LogP contribution in [0.3, 0.4) is 0 Å². The van der Waals surface area contributed by atoms with Gasteiger partial charge in [-0.2, -0.15) is 9.82 Å². The van der Waals surface area contributed by atoms with E-state index in [0.717, 1.165) is 0 Å². The van der Waals surface area contributed by atoms with Crippen molar-refractivity contribution < 1.29 is 23.1 Å². The summed E-state index contributed by atoms with van der Waals surface area (Å²) in [5.41, 5.74) is -0.663. The lowest BCUT2D eigenvalue weighted by molar-refractivity contribution is -0.145. The van der Waals surface area contributed by atoms with Gasteiger partial charge >= 0.3 is 5.97 Å². The van der Waals surface area contributed by atoms with Crippen LogP contribution in [-0.2, 0) is 14.8 Å². The van der Waals surface area contributed by atoms with E-state index in [-0.39, 0.29) is 23.3 Å². The monoisotopic (exact) mass is 550 g/mol. The molecule has 0 radical (unpaired) electrons. The molecule has 0 fully saturated rings. The topological polar surface area (TPSA) is 166 Å². The third-order valence-corrected chi connectivity index (χ3v) is 8.16. The molecule has 2 heterocycles. The van der Waals surface area contributed by atoms with Gasteiger partial charge in [0.1, 0.15) is 5.82 Å². The van der Waals surface area contributed by atoms with Crippen LogP contribution in [0.4, 0.5) is 5.82 Å². The number of aliphatic carboxylic acids is 1. The molecular weight excluding hydrogens is 520 g/mol. The van der Waals surface area contributed by atoms with Crippen molar-refractivity contribution in [2.24, 2.45) is 0 Å². The first kappa shape index (κ1) is 27.7. The fraction of sp³-hybridized carbons (Fsp3) is 0.259. The number of carboxylic acids is 1. The minimum Gasteiger partial charge on any atom is -0.478 e. The average Bonchev–Trinajstić information content (AvgIpc) is 3.37. The molecule has 1 amide bonds. The molecule has 0 aliphatic rings. The molecule has 2 aromatic carbocycles. The third kappa shape index (κ3) is 6.24. The summed E-state index contributed by atoms with van der Waals surface area (Å²) in [7, 11) is -4.36. The standard InChI is InChI=1S/C27H30N6O5S/c1-18-9-7-10-19(2)24(18)39(37,38)33-27(26(35)36,14-4-6-16-29-23-13-3-5-15-28-23)31-25(34)20-11-8-12-22-21(20)17-30-32-22/h3,5,7-13,15,17,33H,4,6,14,16H2,1-2H3,(H,28,29)(H,30,32)(H,31,34)(H,35,36). The predicted molar refractivity (Wildman–Crippen MR) is 147 cm³/mol. The number of fused-ring (bicyclic) bond motifs is 1. The number of sulfonamides is 1. The van der Waals surface area contributed by atoms with E-state index in [0.29, 0.717) is 40.8 Å². The van der Waals surface area contributed by atoms with Crippen molar-refractivity contribution >= 4 is 38.6 Å². The second-order valence-corrected chi connectivity index (χ2v) is 10.8. The Balaban J connectivity index is 1.63. The quantitative estimate of drug-likeness (QED) is 0.132. The fourth-order valence-corrected chi connectivity index (χ4v) is 6.26. The van der Waals surface area contributed by atoms with Gasteiger partial charge in [-0.15, -0.1) is 0 Å². The van der Waals surface area contributed by atoms with E-state index in [1.165, 1.54) is 12.3 Å². The zero-order valence-corrected chi connectivity index (χ0v) is 22.4. The number of hydrogen-bond donors (Lipinski definition) is 5. The lowest BCUT2D eigenvalue weighted by Gasteiger charge is -2.32. The van der Waals surface area contributed by atoms with Crippen molar-refractivity contribution in [3.8, 4) is 0 Å². The molecule has 4 rings (SSSR count). The Labute approximate surface area is 226 Å². The van der Waals surface area contributed by atoms with Gasteiger partial charge in [-0.25, -0.2) is 18.2 Å². The first-order valence-electron chi connectivity index (χ1n) is 12.4. The van der Waals surface area contributed by atoms with E-state index in [2.05, 4.69) is 30.5 Å². The number of unbranched alkanes of at least 4 members (excludes halogenated alkanes) is 1. The number of carbonyl (C=O) groups is 2. The van der Waals surface area contributed by atoms with Crippen LogP contribution in [0.1, 0.15) is 40.7 Å². The lowest BCUT2D eigenvalue weighted by Crippen LogP contribution is -2.65. The first-order chi connectivity index (χ1) is 18.6. The van der Waals surface area contributed by atoms with Gasteiger partial charge in [0.05, 0.1) is 22.2 Å². The van der Waals surface area contributed by atoms with Crippen LogP contribution in [0.15, 0.2) is 71.9 Å². The van der Waals surface area contributed by atoms with Crippen LogP contribution in [0, 0.1) is 13.8 Å². The Morgan fingerprint density at radius 2 is 1.74 bits per heavy atom. The van der Waals surface area contributed by atoms with Gasteiger partial charge in [-0.1, -0.05) is 30.3 Å². The normalized spacial score (nSPS) is 13.1. The van der Waals surface area contributed by atoms with Crippen molar-refractivity contribution in [3.63, 3.8) is 0 Å². The number of benzene rings is 2. The Hall–Kier alpha value is -4.29. The van der Waals surface area contributed by atoms with Crippen LogP contribution in [0.2, 0.25) is 0 Å². The number of pyridine rings is 1. The minimum atomic E-state index is -4.36. The maximum atomic E-state index is 13.6. The number of aryl methyl sites for hydroxylation is 2. The highest BCUT2D eigenvalue weighted by atomic mass is 32.2. The predicted octanol–water partition coefficient (Wildman–Crippen LogP) is 3.35. The van der Waals surface area contributed by atoms with Crippen molar-refractivity contribution in [3.05, 3.63) is 83.7 Å². The van der Waals surface area contributed by atoms with E-state index >= 15 is 0 Å². The molecule has 0 bridgehead atoms. The molecule has 0 spiro atoms. The first-order valence-corrected chi connectivity index (χ1v) is 13.8. The Kier molecular flexibility index (Phi) is 8.27. The molecule has 1 unspecified atom stereocenters. The minimum absolute atomic E-state index is 0.0290. The molecule has 0 aliphatic carbocycles. The smallest absolute Gasteiger partial charge is 0.345 e. The van der Waals surface area contributed by atoms with Crippen LogP contribution in [0.5, 0.6) is 0 Å². The van der Waals surface area contributed by atoms with Gasteiger partial charge in [-0.05, 0) is 68.5 Å². The summed E-state index contributed by atoms with van der Waals surface area (Å²) in [5.74, 6) is -1.61. The molecule has 12 heteroatoms. The van der Waals surface area contributed by atoms with Crippen molar-refractivity contribution in [1.82, 2.24) is 25.2 Å². The van der Waals surface area contributed by atoms with E-state index in [1.807, 2.05) is 6.07 Å². The van der Waals surface area contributed by atoms with Gasteiger partial charge < -0.3 is 15.7 Å². The maximum Gasteiger partial charge on any atom is 0.345 e. The van der Waals surface area contributed by atoms with Gasteiger partial charge in [0.25, 0.3) is 5.91 Å².